The molecular formula is C26H21NO4. The maximum atomic E-state index is 13.4. The number of fused-ring (bicyclic) bond motifs is 2. The van der Waals surface area contributed by atoms with Gasteiger partial charge in [0.2, 0.25) is 5.76 Å². The lowest BCUT2D eigenvalue weighted by Crippen LogP contribution is -2.33. The molecule has 3 aromatic carbocycles. The van der Waals surface area contributed by atoms with Gasteiger partial charge in [-0.15, -0.1) is 0 Å². The molecular weight excluding hydrogens is 390 g/mol. The smallest absolute Gasteiger partial charge is 0.291 e. The highest BCUT2D eigenvalue weighted by atomic mass is 16.3. The predicted molar refractivity (Wildman–Crippen MR) is 118 cm³/mol. The summed E-state index contributed by atoms with van der Waals surface area (Å²) in [7, 11) is 0. The average molecular weight is 411 g/mol. The molecule has 2 heterocycles. The van der Waals surface area contributed by atoms with Crippen LogP contribution in [0.25, 0.3) is 11.0 Å². The Morgan fingerprint density at radius 2 is 1.61 bits per heavy atom. The fraction of sp³-hybridized carbons (Fsp3) is 0.154. The maximum absolute atomic E-state index is 13.4. The fourth-order valence-electron chi connectivity index (χ4n) is 4.22. The first-order chi connectivity index (χ1) is 15.0. The third-order valence-corrected chi connectivity index (χ3v) is 5.82. The molecule has 0 spiro atoms. The molecule has 1 aliphatic rings. The highest BCUT2D eigenvalue weighted by Crippen LogP contribution is 2.39. The molecule has 5 heteroatoms. The highest BCUT2D eigenvalue weighted by Gasteiger charge is 2.43. The molecule has 1 aromatic heterocycles. The van der Waals surface area contributed by atoms with Gasteiger partial charge in [0.25, 0.3) is 5.91 Å². The molecule has 1 N–H and O–H groups in total. The second-order valence-corrected chi connectivity index (χ2v) is 7.87. The van der Waals surface area contributed by atoms with Gasteiger partial charge in [-0.3, -0.25) is 9.59 Å². The van der Waals surface area contributed by atoms with Crippen LogP contribution in [0.5, 0.6) is 0 Å². The Bertz CT molecular complexity index is 1330. The number of rotatable bonds is 4. The Kier molecular flexibility index (Phi) is 4.68. The van der Waals surface area contributed by atoms with Gasteiger partial charge in [0.15, 0.2) is 5.43 Å². The Morgan fingerprint density at radius 3 is 2.35 bits per heavy atom. The first-order valence-electron chi connectivity index (χ1n) is 10.2. The fourth-order valence-corrected chi connectivity index (χ4v) is 4.22. The third kappa shape index (κ3) is 3.23. The zero-order chi connectivity index (χ0) is 21.5. The lowest BCUT2D eigenvalue weighted by atomic mass is 9.97. The summed E-state index contributed by atoms with van der Waals surface area (Å²) in [4.78, 5) is 28.3. The summed E-state index contributed by atoms with van der Waals surface area (Å²) in [6.45, 7) is 2.03. The minimum atomic E-state index is -0.892. The van der Waals surface area contributed by atoms with Crippen molar-refractivity contribution in [3.05, 3.63) is 117 Å². The van der Waals surface area contributed by atoms with Gasteiger partial charge in [0.05, 0.1) is 29.6 Å². The standard InChI is InChI=1S/C26H21NO4/c1-16-11-13-18(14-12-16)23-22-24(29)19-9-5-6-10-21(19)31-25(22)26(30)27(23)15-20(28)17-7-3-2-4-8-17/h2-14,20,23,28H,15H2,1H3/t20-,23-/m0/s1. The minimum absolute atomic E-state index is 0.0430. The summed E-state index contributed by atoms with van der Waals surface area (Å²) in [5.41, 5.74) is 3.08. The summed E-state index contributed by atoms with van der Waals surface area (Å²) >= 11 is 0. The molecule has 0 bridgehead atoms. The molecule has 0 unspecified atom stereocenters. The number of β-amino-alcohol motifs (C(OH)–C–C–N with tert-alkyl or cyclic N) is 1. The molecule has 5 nitrogen and oxygen atoms in total. The topological polar surface area (TPSA) is 70.8 Å². The molecule has 0 aliphatic carbocycles. The van der Waals surface area contributed by atoms with Crippen LogP contribution in [0.2, 0.25) is 0 Å². The molecule has 2 atom stereocenters. The van der Waals surface area contributed by atoms with Crippen LogP contribution in [0.4, 0.5) is 0 Å². The van der Waals surface area contributed by atoms with E-state index in [9.17, 15) is 14.7 Å². The molecule has 0 saturated heterocycles. The van der Waals surface area contributed by atoms with E-state index in [1.807, 2.05) is 61.5 Å². The predicted octanol–water partition coefficient (Wildman–Crippen LogP) is 4.38. The molecule has 1 aliphatic heterocycles. The molecule has 5 rings (SSSR count). The van der Waals surface area contributed by atoms with Crippen molar-refractivity contribution >= 4 is 16.9 Å². The van der Waals surface area contributed by atoms with Crippen LogP contribution in [-0.2, 0) is 0 Å². The van der Waals surface area contributed by atoms with Crippen molar-refractivity contribution in [1.82, 2.24) is 4.90 Å². The first kappa shape index (κ1) is 19.3. The summed E-state index contributed by atoms with van der Waals surface area (Å²) in [6.07, 6.45) is -0.892. The van der Waals surface area contributed by atoms with E-state index >= 15 is 0 Å². The van der Waals surface area contributed by atoms with Crippen molar-refractivity contribution in [3.63, 3.8) is 0 Å². The van der Waals surface area contributed by atoms with Gasteiger partial charge in [-0.25, -0.2) is 0 Å². The highest BCUT2D eigenvalue weighted by molar-refractivity contribution is 5.99. The summed E-state index contributed by atoms with van der Waals surface area (Å²) < 4.78 is 5.92. The lowest BCUT2D eigenvalue weighted by Gasteiger charge is -2.27. The van der Waals surface area contributed by atoms with Gasteiger partial charge >= 0.3 is 0 Å². The van der Waals surface area contributed by atoms with Crippen molar-refractivity contribution in [3.8, 4) is 0 Å². The zero-order valence-electron chi connectivity index (χ0n) is 17.0. The molecule has 0 radical (unpaired) electrons. The van der Waals surface area contributed by atoms with Crippen LogP contribution in [0.1, 0.15) is 45.0 Å². The largest absolute Gasteiger partial charge is 0.450 e. The summed E-state index contributed by atoms with van der Waals surface area (Å²) in [5.74, 6) is -0.340. The van der Waals surface area contributed by atoms with Crippen LogP contribution in [0, 0.1) is 6.92 Å². The summed E-state index contributed by atoms with van der Waals surface area (Å²) in [5, 5.41) is 11.3. The van der Waals surface area contributed by atoms with E-state index in [1.54, 1.807) is 24.3 Å². The van der Waals surface area contributed by atoms with E-state index in [2.05, 4.69) is 0 Å². The minimum Gasteiger partial charge on any atom is -0.450 e. The zero-order valence-corrected chi connectivity index (χ0v) is 17.0. The average Bonchev–Trinajstić information content (AvgIpc) is 3.07. The van der Waals surface area contributed by atoms with E-state index in [1.165, 1.54) is 4.90 Å². The van der Waals surface area contributed by atoms with Gasteiger partial charge in [-0.2, -0.15) is 0 Å². The Balaban J connectivity index is 1.67. The first-order valence-corrected chi connectivity index (χ1v) is 10.2. The second kappa shape index (κ2) is 7.52. The van der Waals surface area contributed by atoms with Crippen molar-refractivity contribution in [2.45, 2.75) is 19.1 Å². The van der Waals surface area contributed by atoms with E-state index in [0.717, 1.165) is 11.1 Å². The van der Waals surface area contributed by atoms with Crippen molar-refractivity contribution < 1.29 is 14.3 Å². The van der Waals surface area contributed by atoms with Crippen molar-refractivity contribution in [1.29, 1.82) is 0 Å². The number of benzene rings is 3. The van der Waals surface area contributed by atoms with E-state index in [-0.39, 0.29) is 17.7 Å². The molecule has 0 saturated carbocycles. The second-order valence-electron chi connectivity index (χ2n) is 7.87. The van der Waals surface area contributed by atoms with Crippen LogP contribution in [-0.4, -0.2) is 22.5 Å². The number of hydrogen-bond donors (Lipinski definition) is 1. The van der Waals surface area contributed by atoms with Crippen LogP contribution in [0.15, 0.2) is 88.1 Å². The van der Waals surface area contributed by atoms with E-state index in [4.69, 9.17) is 4.42 Å². The van der Waals surface area contributed by atoms with E-state index < -0.39 is 18.1 Å². The molecule has 1 amide bonds. The number of amides is 1. The number of carbonyl (C=O) groups excluding carboxylic acids is 1. The molecule has 154 valence electrons. The van der Waals surface area contributed by atoms with Gasteiger partial charge in [0, 0.05) is 0 Å². The summed E-state index contributed by atoms with van der Waals surface area (Å²) in [6, 6.07) is 23.2. The van der Waals surface area contributed by atoms with Crippen LogP contribution in [0.3, 0.4) is 0 Å². The molecule has 31 heavy (non-hydrogen) atoms. The van der Waals surface area contributed by atoms with Crippen molar-refractivity contribution in [2.75, 3.05) is 6.54 Å². The van der Waals surface area contributed by atoms with Gasteiger partial charge in [-0.05, 0) is 30.2 Å². The monoisotopic (exact) mass is 411 g/mol. The third-order valence-electron chi connectivity index (χ3n) is 5.82. The molecule has 0 fully saturated rings. The lowest BCUT2D eigenvalue weighted by molar-refractivity contribution is 0.0583. The van der Waals surface area contributed by atoms with E-state index in [0.29, 0.717) is 22.1 Å². The van der Waals surface area contributed by atoms with Gasteiger partial charge in [0.1, 0.15) is 5.58 Å². The normalized spacial score (nSPS) is 16.5. The number of aryl methyl sites for hydroxylation is 1. The van der Waals surface area contributed by atoms with Crippen LogP contribution >= 0.6 is 0 Å². The Labute approximate surface area is 179 Å². The Morgan fingerprint density at radius 1 is 0.935 bits per heavy atom. The van der Waals surface area contributed by atoms with Gasteiger partial charge < -0.3 is 14.4 Å². The SMILES string of the molecule is Cc1ccc([C@H]2c3c(oc4ccccc4c3=O)C(=O)N2C[C@H](O)c2ccccc2)cc1. The number of nitrogens with zero attached hydrogens (tertiary/aromatic N) is 1. The quantitative estimate of drug-likeness (QED) is 0.541. The maximum Gasteiger partial charge on any atom is 0.291 e. The number of carbonyl (C=O) groups is 1. The number of para-hydroxylation sites is 1. The van der Waals surface area contributed by atoms with Crippen LogP contribution < -0.4 is 5.43 Å². The number of hydrogen-bond acceptors (Lipinski definition) is 4. The Hall–Kier alpha value is -3.70. The molecule has 4 aromatic rings. The number of aliphatic hydroxyl groups excluding tert-OH is 1. The number of aliphatic hydroxyl groups is 1. The van der Waals surface area contributed by atoms with Crippen molar-refractivity contribution in [2.24, 2.45) is 0 Å². The van der Waals surface area contributed by atoms with Gasteiger partial charge in [-0.1, -0.05) is 72.3 Å².